The first-order chi connectivity index (χ1) is 8.97. The molecule has 1 heterocycles. The van der Waals surface area contributed by atoms with Gasteiger partial charge in [0.15, 0.2) is 0 Å². The Bertz CT molecular complexity index is 530. The molecule has 0 aromatic carbocycles. The molecular formula is C9H3BrClF6NO2. The Balaban J connectivity index is 3.57. The van der Waals surface area contributed by atoms with E-state index in [9.17, 15) is 31.1 Å². The van der Waals surface area contributed by atoms with Gasteiger partial charge in [0.1, 0.15) is 0 Å². The van der Waals surface area contributed by atoms with Gasteiger partial charge in [0.2, 0.25) is 5.88 Å². The molecule has 112 valence electrons. The second kappa shape index (κ2) is 5.76. The third-order valence-corrected chi connectivity index (χ3v) is 2.75. The third kappa shape index (κ3) is 3.98. The number of ether oxygens (including phenoxy) is 1. The number of aromatic nitrogens is 1. The summed E-state index contributed by atoms with van der Waals surface area (Å²) in [6.07, 6.45) is -10.0. The van der Waals surface area contributed by atoms with Gasteiger partial charge in [-0.05, 0) is 11.6 Å². The van der Waals surface area contributed by atoms with Crippen LogP contribution in [-0.4, -0.2) is 16.6 Å². The van der Waals surface area contributed by atoms with Gasteiger partial charge in [-0.3, -0.25) is 4.79 Å². The predicted molar refractivity (Wildman–Crippen MR) is 58.7 cm³/mol. The smallest absolute Gasteiger partial charge is 0.388 e. The SMILES string of the molecule is O=C(Cl)c1cnc(OC(F)(F)F)c(CBr)c1C(F)(F)F. The van der Waals surface area contributed by atoms with E-state index in [0.29, 0.717) is 0 Å². The summed E-state index contributed by atoms with van der Waals surface area (Å²) in [6, 6.07) is 0. The molecule has 0 spiro atoms. The van der Waals surface area contributed by atoms with Crippen LogP contribution in [0.25, 0.3) is 0 Å². The first-order valence-corrected chi connectivity index (χ1v) is 6.08. The van der Waals surface area contributed by atoms with Crippen molar-refractivity contribution in [2.45, 2.75) is 17.9 Å². The van der Waals surface area contributed by atoms with E-state index in [1.165, 1.54) is 0 Å². The largest absolute Gasteiger partial charge is 0.574 e. The van der Waals surface area contributed by atoms with Crippen LogP contribution in [0.5, 0.6) is 5.88 Å². The number of carbonyl (C=O) groups is 1. The van der Waals surface area contributed by atoms with E-state index in [-0.39, 0.29) is 6.20 Å². The molecule has 0 aliphatic carbocycles. The zero-order valence-corrected chi connectivity index (χ0v) is 11.4. The lowest BCUT2D eigenvalue weighted by molar-refractivity contribution is -0.276. The molecular weight excluding hydrogens is 383 g/mol. The van der Waals surface area contributed by atoms with E-state index in [1.807, 2.05) is 0 Å². The van der Waals surface area contributed by atoms with Crippen molar-refractivity contribution in [1.82, 2.24) is 4.98 Å². The number of alkyl halides is 7. The molecule has 0 atom stereocenters. The minimum Gasteiger partial charge on any atom is -0.388 e. The van der Waals surface area contributed by atoms with Crippen LogP contribution in [0.2, 0.25) is 0 Å². The molecule has 0 unspecified atom stereocenters. The molecule has 0 amide bonds. The Hall–Kier alpha value is -1.03. The number of hydrogen-bond acceptors (Lipinski definition) is 3. The Kier molecular flexibility index (Phi) is 4.90. The van der Waals surface area contributed by atoms with E-state index in [1.54, 1.807) is 0 Å². The van der Waals surface area contributed by atoms with E-state index < -0.39 is 45.7 Å². The van der Waals surface area contributed by atoms with Crippen LogP contribution in [-0.2, 0) is 11.5 Å². The van der Waals surface area contributed by atoms with Crippen molar-refractivity contribution in [2.75, 3.05) is 0 Å². The van der Waals surface area contributed by atoms with Crippen molar-refractivity contribution in [3.8, 4) is 5.88 Å². The summed E-state index contributed by atoms with van der Waals surface area (Å²) in [5.74, 6) is -1.30. The molecule has 0 fully saturated rings. The van der Waals surface area contributed by atoms with E-state index >= 15 is 0 Å². The Morgan fingerprint density at radius 1 is 1.30 bits per heavy atom. The monoisotopic (exact) mass is 385 g/mol. The minimum absolute atomic E-state index is 0.283. The molecule has 1 rings (SSSR count). The van der Waals surface area contributed by atoms with Crippen molar-refractivity contribution < 1.29 is 35.9 Å². The maximum Gasteiger partial charge on any atom is 0.574 e. The highest BCUT2D eigenvalue weighted by Gasteiger charge is 2.41. The van der Waals surface area contributed by atoms with Crippen LogP contribution in [0.15, 0.2) is 6.20 Å². The highest BCUT2D eigenvalue weighted by molar-refractivity contribution is 9.08. The van der Waals surface area contributed by atoms with Crippen LogP contribution < -0.4 is 4.74 Å². The molecule has 0 aliphatic heterocycles. The van der Waals surface area contributed by atoms with Crippen molar-refractivity contribution >= 4 is 32.8 Å². The molecule has 0 saturated carbocycles. The van der Waals surface area contributed by atoms with Crippen LogP contribution in [0.1, 0.15) is 21.5 Å². The van der Waals surface area contributed by atoms with Crippen LogP contribution in [0, 0.1) is 0 Å². The fourth-order valence-corrected chi connectivity index (χ4v) is 1.99. The molecule has 1 aromatic rings. The fourth-order valence-electron chi connectivity index (χ4n) is 1.33. The summed E-state index contributed by atoms with van der Waals surface area (Å²) in [7, 11) is 0. The number of carbonyl (C=O) groups excluding carboxylic acids is 1. The molecule has 0 radical (unpaired) electrons. The van der Waals surface area contributed by atoms with Crippen molar-refractivity contribution in [2.24, 2.45) is 0 Å². The normalized spacial score (nSPS) is 12.4. The average molecular weight is 386 g/mol. The van der Waals surface area contributed by atoms with Crippen LogP contribution in [0.3, 0.4) is 0 Å². The summed E-state index contributed by atoms with van der Waals surface area (Å²) >= 11 is 7.57. The van der Waals surface area contributed by atoms with Gasteiger partial charge in [0, 0.05) is 17.1 Å². The summed E-state index contributed by atoms with van der Waals surface area (Å²) in [5.41, 5.74) is -3.65. The maximum atomic E-state index is 12.9. The maximum absolute atomic E-state index is 12.9. The first kappa shape index (κ1) is 17.0. The Morgan fingerprint density at radius 3 is 2.20 bits per heavy atom. The standard InChI is InChI=1S/C9H3BrClF6NO2/c10-1-3-5(8(12,13)14)4(6(11)19)2-18-7(3)20-9(15,16)17/h2H,1H2. The van der Waals surface area contributed by atoms with Crippen molar-refractivity contribution in [3.63, 3.8) is 0 Å². The number of rotatable bonds is 3. The van der Waals surface area contributed by atoms with Gasteiger partial charge >= 0.3 is 12.5 Å². The minimum atomic E-state index is -5.22. The van der Waals surface area contributed by atoms with Crippen LogP contribution >= 0.6 is 27.5 Å². The molecule has 0 N–H and O–H groups in total. The summed E-state index contributed by atoms with van der Waals surface area (Å²) in [5, 5.41) is -2.16. The van der Waals surface area contributed by atoms with Gasteiger partial charge in [-0.1, -0.05) is 15.9 Å². The first-order valence-electron chi connectivity index (χ1n) is 4.58. The predicted octanol–water partition coefficient (Wildman–Crippen LogP) is 4.27. The zero-order chi connectivity index (χ0) is 15.7. The molecule has 0 saturated heterocycles. The molecule has 0 aliphatic rings. The van der Waals surface area contributed by atoms with Gasteiger partial charge in [0.05, 0.1) is 11.1 Å². The van der Waals surface area contributed by atoms with Crippen molar-refractivity contribution in [1.29, 1.82) is 0 Å². The highest BCUT2D eigenvalue weighted by atomic mass is 79.9. The van der Waals surface area contributed by atoms with E-state index in [4.69, 9.17) is 11.6 Å². The molecule has 3 nitrogen and oxygen atoms in total. The second-order valence-electron chi connectivity index (χ2n) is 3.28. The Labute approximate surface area is 121 Å². The van der Waals surface area contributed by atoms with E-state index in [0.717, 1.165) is 0 Å². The third-order valence-electron chi connectivity index (χ3n) is 1.98. The molecule has 0 bridgehead atoms. The number of halogens is 8. The fraction of sp³-hybridized carbons (Fsp3) is 0.333. The van der Waals surface area contributed by atoms with Gasteiger partial charge in [-0.15, -0.1) is 13.2 Å². The lowest BCUT2D eigenvalue weighted by Crippen LogP contribution is -2.22. The summed E-state index contributed by atoms with van der Waals surface area (Å²) in [4.78, 5) is 14.0. The van der Waals surface area contributed by atoms with Crippen molar-refractivity contribution in [3.05, 3.63) is 22.9 Å². The van der Waals surface area contributed by atoms with Gasteiger partial charge in [-0.2, -0.15) is 13.2 Å². The highest BCUT2D eigenvalue weighted by Crippen LogP contribution is 2.40. The molecule has 20 heavy (non-hydrogen) atoms. The zero-order valence-electron chi connectivity index (χ0n) is 9.07. The topological polar surface area (TPSA) is 39.2 Å². The molecule has 11 heteroatoms. The Morgan fingerprint density at radius 2 is 1.85 bits per heavy atom. The number of nitrogens with zero attached hydrogens (tertiary/aromatic N) is 1. The van der Waals surface area contributed by atoms with Gasteiger partial charge in [-0.25, -0.2) is 4.98 Å². The van der Waals surface area contributed by atoms with Gasteiger partial charge < -0.3 is 4.74 Å². The van der Waals surface area contributed by atoms with E-state index in [2.05, 4.69) is 25.7 Å². The lowest BCUT2D eigenvalue weighted by Gasteiger charge is -2.18. The molecule has 1 aromatic heterocycles. The number of pyridine rings is 1. The van der Waals surface area contributed by atoms with Gasteiger partial charge in [0.25, 0.3) is 5.24 Å². The summed E-state index contributed by atoms with van der Waals surface area (Å²) in [6.45, 7) is 0. The quantitative estimate of drug-likeness (QED) is 0.442. The second-order valence-corrected chi connectivity index (χ2v) is 4.19. The summed E-state index contributed by atoms with van der Waals surface area (Å²) < 4.78 is 78.3. The average Bonchev–Trinajstić information content (AvgIpc) is 2.24. The number of hydrogen-bond donors (Lipinski definition) is 0. The van der Waals surface area contributed by atoms with Crippen LogP contribution in [0.4, 0.5) is 26.3 Å². The lowest BCUT2D eigenvalue weighted by atomic mass is 10.1.